The maximum absolute atomic E-state index is 5.95. The molecule has 0 radical (unpaired) electrons. The van der Waals surface area contributed by atoms with Crippen LogP contribution in [0, 0.1) is 0 Å². The molecule has 0 spiro atoms. The molecular formula is C26H46O. The summed E-state index contributed by atoms with van der Waals surface area (Å²) >= 11 is 0. The van der Waals surface area contributed by atoms with E-state index in [1.165, 1.54) is 108 Å². The van der Waals surface area contributed by atoms with Gasteiger partial charge >= 0.3 is 0 Å². The summed E-state index contributed by atoms with van der Waals surface area (Å²) in [6, 6.07) is 10.5. The summed E-state index contributed by atoms with van der Waals surface area (Å²) in [6.07, 6.45) is 22.9. The normalized spacial score (nSPS) is 12.4. The fourth-order valence-electron chi connectivity index (χ4n) is 3.73. The molecule has 0 saturated carbocycles. The Morgan fingerprint density at radius 2 is 1.00 bits per heavy atom. The number of ether oxygens (including phenoxy) is 1. The van der Waals surface area contributed by atoms with Gasteiger partial charge in [-0.05, 0) is 18.9 Å². The lowest BCUT2D eigenvalue weighted by molar-refractivity contribution is 0.0627. The highest BCUT2D eigenvalue weighted by atomic mass is 16.5. The summed E-state index contributed by atoms with van der Waals surface area (Å²) < 4.78 is 5.95. The van der Waals surface area contributed by atoms with Gasteiger partial charge in [0, 0.05) is 6.61 Å². The molecule has 1 aromatic rings. The summed E-state index contributed by atoms with van der Waals surface area (Å²) in [6.45, 7) is 5.35. The van der Waals surface area contributed by atoms with Crippen molar-refractivity contribution in [3.63, 3.8) is 0 Å². The van der Waals surface area contributed by atoms with Gasteiger partial charge < -0.3 is 4.74 Å². The molecule has 1 nitrogen and oxygen atoms in total. The van der Waals surface area contributed by atoms with E-state index in [1.807, 2.05) is 0 Å². The SMILES string of the molecule is CCCCCCCCCCCCCCCCCCOC(C)c1ccccc1. The Bertz CT molecular complexity index is 400. The number of rotatable bonds is 19. The van der Waals surface area contributed by atoms with Crippen LogP contribution >= 0.6 is 0 Å². The van der Waals surface area contributed by atoms with Crippen molar-refractivity contribution in [2.24, 2.45) is 0 Å². The van der Waals surface area contributed by atoms with Crippen molar-refractivity contribution in [1.29, 1.82) is 0 Å². The first kappa shape index (κ1) is 24.2. The predicted octanol–water partition coefficient (Wildman–Crippen LogP) is 9.03. The summed E-state index contributed by atoms with van der Waals surface area (Å²) in [5, 5.41) is 0. The molecule has 27 heavy (non-hydrogen) atoms. The molecule has 0 N–H and O–H groups in total. The van der Waals surface area contributed by atoms with E-state index in [0.717, 1.165) is 6.61 Å². The molecule has 0 aliphatic heterocycles. The number of hydrogen-bond donors (Lipinski definition) is 0. The highest BCUT2D eigenvalue weighted by Gasteiger charge is 2.03. The lowest BCUT2D eigenvalue weighted by atomic mass is 10.0. The zero-order chi connectivity index (χ0) is 19.4. The average Bonchev–Trinajstić information content (AvgIpc) is 2.70. The van der Waals surface area contributed by atoms with Crippen LogP contribution in [-0.2, 0) is 4.74 Å². The zero-order valence-electron chi connectivity index (χ0n) is 18.4. The van der Waals surface area contributed by atoms with Crippen molar-refractivity contribution in [2.75, 3.05) is 6.61 Å². The van der Waals surface area contributed by atoms with Crippen molar-refractivity contribution in [2.45, 2.75) is 123 Å². The largest absolute Gasteiger partial charge is 0.374 e. The molecule has 1 rings (SSSR count). The first-order chi connectivity index (χ1) is 13.3. The third-order valence-electron chi connectivity index (χ3n) is 5.63. The highest BCUT2D eigenvalue weighted by Crippen LogP contribution is 2.17. The van der Waals surface area contributed by atoms with Gasteiger partial charge in [-0.15, -0.1) is 0 Å². The molecule has 1 atom stereocenters. The third-order valence-corrected chi connectivity index (χ3v) is 5.63. The average molecular weight is 375 g/mol. The Morgan fingerprint density at radius 3 is 1.44 bits per heavy atom. The van der Waals surface area contributed by atoms with E-state index in [0.29, 0.717) is 0 Å². The second-order valence-electron chi connectivity index (χ2n) is 8.23. The van der Waals surface area contributed by atoms with Crippen molar-refractivity contribution in [1.82, 2.24) is 0 Å². The van der Waals surface area contributed by atoms with Crippen molar-refractivity contribution >= 4 is 0 Å². The van der Waals surface area contributed by atoms with Gasteiger partial charge in [0.2, 0.25) is 0 Å². The molecule has 0 fully saturated rings. The van der Waals surface area contributed by atoms with Crippen molar-refractivity contribution in [3.8, 4) is 0 Å². The zero-order valence-corrected chi connectivity index (χ0v) is 18.4. The molecule has 0 saturated heterocycles. The van der Waals surface area contributed by atoms with Crippen LogP contribution in [0.5, 0.6) is 0 Å². The fraction of sp³-hybridized carbons (Fsp3) is 0.769. The van der Waals surface area contributed by atoms with Gasteiger partial charge in [-0.1, -0.05) is 134 Å². The minimum absolute atomic E-state index is 0.225. The van der Waals surface area contributed by atoms with Crippen LogP contribution in [0.2, 0.25) is 0 Å². The predicted molar refractivity (Wildman–Crippen MR) is 120 cm³/mol. The molecule has 1 unspecified atom stereocenters. The van der Waals surface area contributed by atoms with Crippen LogP contribution in [0.25, 0.3) is 0 Å². The molecule has 0 amide bonds. The maximum atomic E-state index is 5.95. The minimum Gasteiger partial charge on any atom is -0.374 e. The Morgan fingerprint density at radius 1 is 0.593 bits per heavy atom. The van der Waals surface area contributed by atoms with E-state index < -0.39 is 0 Å². The molecule has 1 aromatic carbocycles. The van der Waals surface area contributed by atoms with E-state index >= 15 is 0 Å². The van der Waals surface area contributed by atoms with E-state index in [9.17, 15) is 0 Å². The lowest BCUT2D eigenvalue weighted by Gasteiger charge is -2.13. The Balaban J connectivity index is 1.74. The van der Waals surface area contributed by atoms with Crippen LogP contribution in [0.3, 0.4) is 0 Å². The second kappa shape index (κ2) is 18.5. The molecular weight excluding hydrogens is 328 g/mol. The Hall–Kier alpha value is -0.820. The standard InChI is InChI=1S/C26H46O/c1-3-4-5-6-7-8-9-10-11-12-13-14-15-16-17-21-24-27-25(2)26-22-19-18-20-23-26/h18-20,22-23,25H,3-17,21,24H2,1-2H3. The highest BCUT2D eigenvalue weighted by molar-refractivity contribution is 5.16. The first-order valence-electron chi connectivity index (χ1n) is 12.0. The van der Waals surface area contributed by atoms with Gasteiger partial charge in [-0.2, -0.15) is 0 Å². The third kappa shape index (κ3) is 14.9. The van der Waals surface area contributed by atoms with Gasteiger partial charge in [0.15, 0.2) is 0 Å². The Kier molecular flexibility index (Phi) is 16.6. The summed E-state index contributed by atoms with van der Waals surface area (Å²) in [7, 11) is 0. The summed E-state index contributed by atoms with van der Waals surface area (Å²) in [4.78, 5) is 0. The quantitative estimate of drug-likeness (QED) is 0.219. The van der Waals surface area contributed by atoms with E-state index in [-0.39, 0.29) is 6.10 Å². The van der Waals surface area contributed by atoms with Crippen molar-refractivity contribution in [3.05, 3.63) is 35.9 Å². The van der Waals surface area contributed by atoms with Gasteiger partial charge in [-0.3, -0.25) is 0 Å². The van der Waals surface area contributed by atoms with Gasteiger partial charge in [0.05, 0.1) is 6.10 Å². The van der Waals surface area contributed by atoms with Crippen LogP contribution < -0.4 is 0 Å². The minimum atomic E-state index is 0.225. The topological polar surface area (TPSA) is 9.23 Å². The lowest BCUT2D eigenvalue weighted by Crippen LogP contribution is -2.01. The fourth-order valence-corrected chi connectivity index (χ4v) is 3.73. The molecule has 0 aliphatic carbocycles. The molecule has 156 valence electrons. The van der Waals surface area contributed by atoms with Crippen molar-refractivity contribution < 1.29 is 4.74 Å². The number of hydrogen-bond acceptors (Lipinski definition) is 1. The van der Waals surface area contributed by atoms with E-state index in [1.54, 1.807) is 0 Å². The molecule has 0 aliphatic rings. The molecule has 0 heterocycles. The summed E-state index contributed by atoms with van der Waals surface area (Å²) in [5.74, 6) is 0. The molecule has 1 heteroatoms. The van der Waals surface area contributed by atoms with Crippen LogP contribution in [0.4, 0.5) is 0 Å². The summed E-state index contributed by atoms with van der Waals surface area (Å²) in [5.41, 5.74) is 1.29. The second-order valence-corrected chi connectivity index (χ2v) is 8.23. The van der Waals surface area contributed by atoms with Crippen LogP contribution in [-0.4, -0.2) is 6.61 Å². The monoisotopic (exact) mass is 374 g/mol. The molecule has 0 bridgehead atoms. The van der Waals surface area contributed by atoms with Crippen LogP contribution in [0.15, 0.2) is 30.3 Å². The maximum Gasteiger partial charge on any atom is 0.0796 e. The molecule has 0 aromatic heterocycles. The Labute approximate surface area is 170 Å². The van der Waals surface area contributed by atoms with Gasteiger partial charge in [0.25, 0.3) is 0 Å². The smallest absolute Gasteiger partial charge is 0.0796 e. The number of benzene rings is 1. The first-order valence-corrected chi connectivity index (χ1v) is 12.0. The number of unbranched alkanes of at least 4 members (excludes halogenated alkanes) is 15. The van der Waals surface area contributed by atoms with Gasteiger partial charge in [0.1, 0.15) is 0 Å². The van der Waals surface area contributed by atoms with E-state index in [2.05, 4.69) is 44.2 Å². The van der Waals surface area contributed by atoms with Gasteiger partial charge in [-0.25, -0.2) is 0 Å². The van der Waals surface area contributed by atoms with Crippen LogP contribution in [0.1, 0.15) is 128 Å². The van der Waals surface area contributed by atoms with E-state index in [4.69, 9.17) is 4.74 Å².